The Labute approximate surface area is 110 Å². The second-order valence-corrected chi connectivity index (χ2v) is 5.91. The number of hydrogen-bond acceptors (Lipinski definition) is 2. The molecule has 0 radical (unpaired) electrons. The Bertz CT molecular complexity index is 436. The van der Waals surface area contributed by atoms with E-state index in [0.29, 0.717) is 6.42 Å². The molecule has 0 spiro atoms. The minimum absolute atomic E-state index is 0.0196. The van der Waals surface area contributed by atoms with Gasteiger partial charge in [-0.1, -0.05) is 58.0 Å². The second-order valence-electron chi connectivity index (χ2n) is 5.91. The van der Waals surface area contributed by atoms with Gasteiger partial charge in [-0.05, 0) is 16.9 Å². The van der Waals surface area contributed by atoms with Crippen LogP contribution in [-0.2, 0) is 4.79 Å². The van der Waals surface area contributed by atoms with Gasteiger partial charge in [0.25, 0.3) is 0 Å². The molecule has 0 bridgehead atoms. The van der Waals surface area contributed by atoms with Crippen molar-refractivity contribution in [3.05, 3.63) is 35.9 Å². The highest BCUT2D eigenvalue weighted by molar-refractivity contribution is 5.88. The normalized spacial score (nSPS) is 14.6. The van der Waals surface area contributed by atoms with Crippen molar-refractivity contribution in [2.24, 2.45) is 11.3 Å². The summed E-state index contributed by atoms with van der Waals surface area (Å²) in [4.78, 5) is 12.2. The first kappa shape index (κ1) is 14.4. The zero-order valence-corrected chi connectivity index (χ0v) is 11.6. The highest BCUT2D eigenvalue weighted by atomic mass is 16.1. The van der Waals surface area contributed by atoms with Gasteiger partial charge >= 0.3 is 0 Å². The van der Waals surface area contributed by atoms with Gasteiger partial charge in [0, 0.05) is 6.42 Å². The Morgan fingerprint density at radius 2 is 1.83 bits per heavy atom. The second kappa shape index (κ2) is 5.82. The van der Waals surface area contributed by atoms with E-state index in [1.54, 1.807) is 0 Å². The van der Waals surface area contributed by atoms with E-state index in [1.165, 1.54) is 0 Å². The molecule has 2 atom stereocenters. The third-order valence-corrected chi connectivity index (χ3v) is 3.57. The maximum absolute atomic E-state index is 12.2. The smallest absolute Gasteiger partial charge is 0.154 e. The highest BCUT2D eigenvalue weighted by Crippen LogP contribution is 2.30. The van der Waals surface area contributed by atoms with Crippen LogP contribution in [0.2, 0.25) is 0 Å². The van der Waals surface area contributed by atoms with E-state index in [-0.39, 0.29) is 17.1 Å². The molecule has 1 rings (SSSR count). The first-order chi connectivity index (χ1) is 8.36. The van der Waals surface area contributed by atoms with Gasteiger partial charge in [-0.25, -0.2) is 0 Å². The van der Waals surface area contributed by atoms with Crippen molar-refractivity contribution in [2.75, 3.05) is 0 Å². The fourth-order valence-corrected chi connectivity index (χ4v) is 1.70. The lowest BCUT2D eigenvalue weighted by atomic mass is 9.77. The third kappa shape index (κ3) is 3.70. The van der Waals surface area contributed by atoms with Gasteiger partial charge in [-0.3, -0.25) is 4.79 Å². The number of rotatable bonds is 4. The summed E-state index contributed by atoms with van der Waals surface area (Å²) in [5.41, 5.74) is 0.887. The Kier molecular flexibility index (Phi) is 4.67. The molecular weight excluding hydrogens is 222 g/mol. The van der Waals surface area contributed by atoms with Crippen molar-refractivity contribution >= 4 is 5.78 Å². The monoisotopic (exact) mass is 243 g/mol. The van der Waals surface area contributed by atoms with E-state index in [9.17, 15) is 10.1 Å². The van der Waals surface area contributed by atoms with E-state index in [1.807, 2.05) is 30.3 Å². The Morgan fingerprint density at radius 1 is 1.28 bits per heavy atom. The SMILES string of the molecule is CC(CC(=O)C(C#N)c1ccccc1)C(C)(C)C. The molecule has 0 N–H and O–H groups in total. The third-order valence-electron chi connectivity index (χ3n) is 3.57. The van der Waals surface area contributed by atoms with Crippen LogP contribution in [0.4, 0.5) is 0 Å². The number of nitrogens with zero attached hydrogens (tertiary/aromatic N) is 1. The van der Waals surface area contributed by atoms with Gasteiger partial charge in [0.15, 0.2) is 5.78 Å². The molecule has 2 nitrogen and oxygen atoms in total. The van der Waals surface area contributed by atoms with Crippen LogP contribution in [0, 0.1) is 22.7 Å². The molecule has 0 aliphatic heterocycles. The molecule has 1 aromatic carbocycles. The first-order valence-corrected chi connectivity index (χ1v) is 6.33. The fraction of sp³-hybridized carbons (Fsp3) is 0.500. The van der Waals surface area contributed by atoms with Crippen LogP contribution in [0.1, 0.15) is 45.6 Å². The molecular formula is C16H21NO. The van der Waals surface area contributed by atoms with Crippen molar-refractivity contribution in [1.82, 2.24) is 0 Å². The topological polar surface area (TPSA) is 40.9 Å². The van der Waals surface area contributed by atoms with Gasteiger partial charge in [0.05, 0.1) is 6.07 Å². The van der Waals surface area contributed by atoms with Crippen LogP contribution in [0.3, 0.4) is 0 Å². The van der Waals surface area contributed by atoms with Crippen molar-refractivity contribution in [3.63, 3.8) is 0 Å². The zero-order chi connectivity index (χ0) is 13.8. The Hall–Kier alpha value is -1.62. The molecule has 0 aliphatic rings. The molecule has 0 aliphatic carbocycles. The summed E-state index contributed by atoms with van der Waals surface area (Å²) < 4.78 is 0. The van der Waals surface area contributed by atoms with Crippen molar-refractivity contribution in [3.8, 4) is 6.07 Å². The number of carbonyl (C=O) groups is 1. The number of benzene rings is 1. The summed E-state index contributed by atoms with van der Waals surface area (Å²) in [5.74, 6) is -0.341. The summed E-state index contributed by atoms with van der Waals surface area (Å²) in [6, 6.07) is 11.4. The molecule has 0 amide bonds. The maximum atomic E-state index is 12.2. The Balaban J connectivity index is 2.80. The van der Waals surface area contributed by atoms with Crippen LogP contribution in [-0.4, -0.2) is 5.78 Å². The predicted octanol–water partition coefficient (Wildman–Crippen LogP) is 3.94. The van der Waals surface area contributed by atoms with Crippen LogP contribution in [0.5, 0.6) is 0 Å². The standard InChI is InChI=1S/C16H21NO/c1-12(16(2,3)4)10-15(18)14(11-17)13-8-6-5-7-9-13/h5-9,12,14H,10H2,1-4H3. The lowest BCUT2D eigenvalue weighted by Crippen LogP contribution is -2.23. The van der Waals surface area contributed by atoms with Gasteiger partial charge in [-0.2, -0.15) is 5.26 Å². The molecule has 0 fully saturated rings. The molecule has 2 unspecified atom stereocenters. The van der Waals surface area contributed by atoms with E-state index in [0.717, 1.165) is 5.56 Å². The maximum Gasteiger partial charge on any atom is 0.154 e. The molecule has 2 heteroatoms. The molecule has 1 aromatic rings. The summed E-state index contributed by atoms with van der Waals surface area (Å²) in [5, 5.41) is 9.19. The van der Waals surface area contributed by atoms with Crippen molar-refractivity contribution in [2.45, 2.75) is 40.0 Å². The van der Waals surface area contributed by atoms with E-state index in [2.05, 4.69) is 33.8 Å². The van der Waals surface area contributed by atoms with Crippen molar-refractivity contribution in [1.29, 1.82) is 5.26 Å². The molecule has 0 saturated heterocycles. The predicted molar refractivity (Wildman–Crippen MR) is 73.0 cm³/mol. The molecule has 0 aromatic heterocycles. The summed E-state index contributed by atoms with van der Waals surface area (Å²) >= 11 is 0. The van der Waals surface area contributed by atoms with Crippen LogP contribution in [0.15, 0.2) is 30.3 Å². The molecule has 18 heavy (non-hydrogen) atoms. The number of ketones is 1. The quantitative estimate of drug-likeness (QED) is 0.803. The highest BCUT2D eigenvalue weighted by Gasteiger charge is 2.27. The van der Waals surface area contributed by atoms with Crippen LogP contribution >= 0.6 is 0 Å². The number of Topliss-reactive ketones (excluding diaryl/α,β-unsaturated/α-hetero) is 1. The Morgan fingerprint density at radius 3 is 2.28 bits per heavy atom. The summed E-state index contributed by atoms with van der Waals surface area (Å²) in [6.07, 6.45) is 0.455. The van der Waals surface area contributed by atoms with Gasteiger partial charge < -0.3 is 0 Å². The fourth-order valence-electron chi connectivity index (χ4n) is 1.70. The first-order valence-electron chi connectivity index (χ1n) is 6.33. The van der Waals surface area contributed by atoms with Gasteiger partial charge in [0.1, 0.15) is 5.92 Å². The minimum Gasteiger partial charge on any atom is -0.298 e. The van der Waals surface area contributed by atoms with E-state index in [4.69, 9.17) is 0 Å². The molecule has 0 saturated carbocycles. The van der Waals surface area contributed by atoms with Crippen LogP contribution < -0.4 is 0 Å². The average molecular weight is 243 g/mol. The van der Waals surface area contributed by atoms with Gasteiger partial charge in [-0.15, -0.1) is 0 Å². The zero-order valence-electron chi connectivity index (χ0n) is 11.6. The van der Waals surface area contributed by atoms with Crippen molar-refractivity contribution < 1.29 is 4.79 Å². The average Bonchev–Trinajstić information content (AvgIpc) is 2.30. The number of carbonyl (C=O) groups excluding carboxylic acids is 1. The lowest BCUT2D eigenvalue weighted by Gasteiger charge is -2.27. The minimum atomic E-state index is -0.629. The molecule has 96 valence electrons. The van der Waals surface area contributed by atoms with Crippen LogP contribution in [0.25, 0.3) is 0 Å². The summed E-state index contributed by atoms with van der Waals surface area (Å²) in [7, 11) is 0. The van der Waals surface area contributed by atoms with E-state index >= 15 is 0 Å². The van der Waals surface area contributed by atoms with Gasteiger partial charge in [0.2, 0.25) is 0 Å². The summed E-state index contributed by atoms with van der Waals surface area (Å²) in [6.45, 7) is 8.43. The lowest BCUT2D eigenvalue weighted by molar-refractivity contribution is -0.120. The molecule has 0 heterocycles. The number of hydrogen-bond donors (Lipinski definition) is 0. The largest absolute Gasteiger partial charge is 0.298 e. The number of nitriles is 1. The van der Waals surface area contributed by atoms with E-state index < -0.39 is 5.92 Å².